The molecule has 0 saturated carbocycles. The molecule has 3 nitrogen and oxygen atoms in total. The van der Waals surface area contributed by atoms with Crippen LogP contribution in [0.4, 0.5) is 0 Å². The van der Waals surface area contributed by atoms with E-state index in [1.807, 2.05) is 0 Å². The van der Waals surface area contributed by atoms with Crippen molar-refractivity contribution < 1.29 is 5.11 Å². The molecule has 1 fully saturated rings. The molecule has 124 valence electrons. The fourth-order valence-corrected chi connectivity index (χ4v) is 3.25. The second-order valence-corrected chi connectivity index (χ2v) is 7.45. The van der Waals surface area contributed by atoms with Crippen molar-refractivity contribution in [3.05, 3.63) is 35.4 Å². The highest BCUT2D eigenvalue weighted by Crippen LogP contribution is 2.26. The van der Waals surface area contributed by atoms with Gasteiger partial charge in [0.1, 0.15) is 0 Å². The highest BCUT2D eigenvalue weighted by molar-refractivity contribution is 5.29. The van der Waals surface area contributed by atoms with Gasteiger partial charge in [0.05, 0.1) is 12.6 Å². The molecule has 1 unspecified atom stereocenters. The summed E-state index contributed by atoms with van der Waals surface area (Å²) >= 11 is 0. The molecule has 1 aliphatic heterocycles. The van der Waals surface area contributed by atoms with E-state index >= 15 is 0 Å². The van der Waals surface area contributed by atoms with Crippen LogP contribution >= 0.6 is 0 Å². The standard InChI is InChI=1S/C19H32N2O/c1-5-10-20-11-13-21(14-12-20)18(15-22)16-6-8-17(9-7-16)19(2,3)4/h6-9,18,22H,5,10-15H2,1-4H3. The summed E-state index contributed by atoms with van der Waals surface area (Å²) in [6.45, 7) is 14.7. The summed E-state index contributed by atoms with van der Waals surface area (Å²) in [5.41, 5.74) is 2.76. The van der Waals surface area contributed by atoms with Crippen LogP contribution < -0.4 is 0 Å². The average Bonchev–Trinajstić information content (AvgIpc) is 2.50. The van der Waals surface area contributed by atoms with Crippen LogP contribution in [0.1, 0.15) is 51.3 Å². The van der Waals surface area contributed by atoms with Gasteiger partial charge >= 0.3 is 0 Å². The quantitative estimate of drug-likeness (QED) is 0.906. The number of nitrogens with zero attached hydrogens (tertiary/aromatic N) is 2. The zero-order valence-electron chi connectivity index (χ0n) is 14.7. The van der Waals surface area contributed by atoms with Crippen LogP contribution in [0.5, 0.6) is 0 Å². The largest absolute Gasteiger partial charge is 0.394 e. The Kier molecular flexibility index (Phi) is 6.01. The molecule has 0 spiro atoms. The molecule has 0 aliphatic carbocycles. The number of hydrogen-bond donors (Lipinski definition) is 1. The second kappa shape index (κ2) is 7.58. The summed E-state index contributed by atoms with van der Waals surface area (Å²) in [6.07, 6.45) is 1.22. The maximum Gasteiger partial charge on any atom is 0.0628 e. The molecule has 0 aromatic heterocycles. The zero-order valence-corrected chi connectivity index (χ0v) is 14.7. The van der Waals surface area contributed by atoms with E-state index in [0.717, 1.165) is 26.2 Å². The monoisotopic (exact) mass is 304 g/mol. The van der Waals surface area contributed by atoms with Crippen molar-refractivity contribution in [1.82, 2.24) is 9.80 Å². The molecule has 1 aromatic carbocycles. The van der Waals surface area contributed by atoms with Crippen molar-refractivity contribution in [3.63, 3.8) is 0 Å². The van der Waals surface area contributed by atoms with Gasteiger partial charge in [0.25, 0.3) is 0 Å². The lowest BCUT2D eigenvalue weighted by Gasteiger charge is -2.39. The molecule has 1 aliphatic rings. The zero-order chi connectivity index (χ0) is 16.2. The normalized spacial score (nSPS) is 19.3. The molecule has 1 aromatic rings. The van der Waals surface area contributed by atoms with Gasteiger partial charge in [-0.15, -0.1) is 0 Å². The molecular formula is C19H32N2O. The fourth-order valence-electron chi connectivity index (χ4n) is 3.25. The Morgan fingerprint density at radius 3 is 2.09 bits per heavy atom. The summed E-state index contributed by atoms with van der Waals surface area (Å²) in [6, 6.07) is 8.95. The van der Waals surface area contributed by atoms with E-state index < -0.39 is 0 Å². The summed E-state index contributed by atoms with van der Waals surface area (Å²) in [5.74, 6) is 0. The smallest absolute Gasteiger partial charge is 0.0628 e. The predicted molar refractivity (Wildman–Crippen MR) is 93.3 cm³/mol. The Morgan fingerprint density at radius 1 is 1.05 bits per heavy atom. The van der Waals surface area contributed by atoms with Crippen LogP contribution in [0.2, 0.25) is 0 Å². The first-order valence-electron chi connectivity index (χ1n) is 8.63. The van der Waals surface area contributed by atoms with Gasteiger partial charge in [0.15, 0.2) is 0 Å². The van der Waals surface area contributed by atoms with Gasteiger partial charge in [0, 0.05) is 26.2 Å². The molecule has 1 N–H and O–H groups in total. The highest BCUT2D eigenvalue weighted by Gasteiger charge is 2.24. The van der Waals surface area contributed by atoms with E-state index in [-0.39, 0.29) is 18.1 Å². The van der Waals surface area contributed by atoms with Crippen molar-refractivity contribution in [2.45, 2.75) is 45.6 Å². The van der Waals surface area contributed by atoms with Gasteiger partial charge in [-0.05, 0) is 29.5 Å². The van der Waals surface area contributed by atoms with E-state index in [2.05, 4.69) is 61.8 Å². The van der Waals surface area contributed by atoms with Gasteiger partial charge in [0.2, 0.25) is 0 Å². The van der Waals surface area contributed by atoms with Crippen molar-refractivity contribution in [2.24, 2.45) is 0 Å². The van der Waals surface area contributed by atoms with Crippen LogP contribution in [0.25, 0.3) is 0 Å². The number of hydrogen-bond acceptors (Lipinski definition) is 3. The van der Waals surface area contributed by atoms with Crippen LogP contribution in [-0.4, -0.2) is 54.2 Å². The summed E-state index contributed by atoms with van der Waals surface area (Å²) < 4.78 is 0. The first-order valence-corrected chi connectivity index (χ1v) is 8.63. The lowest BCUT2D eigenvalue weighted by atomic mass is 9.86. The SMILES string of the molecule is CCCN1CCN(C(CO)c2ccc(C(C)(C)C)cc2)CC1. The number of piperazine rings is 1. The molecule has 1 saturated heterocycles. The Hall–Kier alpha value is -0.900. The maximum absolute atomic E-state index is 9.87. The molecule has 1 heterocycles. The predicted octanol–water partition coefficient (Wildman–Crippen LogP) is 3.05. The molecule has 0 bridgehead atoms. The molecule has 22 heavy (non-hydrogen) atoms. The minimum absolute atomic E-state index is 0.137. The van der Waals surface area contributed by atoms with Crippen molar-refractivity contribution in [3.8, 4) is 0 Å². The van der Waals surface area contributed by atoms with Gasteiger partial charge in [-0.1, -0.05) is 52.0 Å². The summed E-state index contributed by atoms with van der Waals surface area (Å²) in [5, 5.41) is 9.87. The van der Waals surface area contributed by atoms with Crippen LogP contribution in [0.15, 0.2) is 24.3 Å². The first kappa shape index (κ1) is 17.5. The Bertz CT molecular complexity index is 441. The van der Waals surface area contributed by atoms with Gasteiger partial charge in [-0.3, -0.25) is 4.90 Å². The Labute approximate surface area is 135 Å². The van der Waals surface area contributed by atoms with Gasteiger partial charge < -0.3 is 10.0 Å². The third-order valence-electron chi connectivity index (χ3n) is 4.72. The van der Waals surface area contributed by atoms with Crippen LogP contribution in [-0.2, 0) is 5.41 Å². The van der Waals surface area contributed by atoms with E-state index in [9.17, 15) is 5.11 Å². The van der Waals surface area contributed by atoms with E-state index in [0.29, 0.717) is 0 Å². The summed E-state index contributed by atoms with van der Waals surface area (Å²) in [4.78, 5) is 4.95. The fraction of sp³-hybridized carbons (Fsp3) is 0.684. The highest BCUT2D eigenvalue weighted by atomic mass is 16.3. The van der Waals surface area contributed by atoms with E-state index in [1.54, 1.807) is 0 Å². The van der Waals surface area contributed by atoms with Gasteiger partial charge in [-0.2, -0.15) is 0 Å². The van der Waals surface area contributed by atoms with Crippen LogP contribution in [0, 0.1) is 0 Å². The van der Waals surface area contributed by atoms with E-state index in [4.69, 9.17) is 0 Å². The minimum atomic E-state index is 0.137. The Morgan fingerprint density at radius 2 is 1.64 bits per heavy atom. The third-order valence-corrected chi connectivity index (χ3v) is 4.72. The molecule has 0 radical (unpaired) electrons. The molecular weight excluding hydrogens is 272 g/mol. The lowest BCUT2D eigenvalue weighted by Crippen LogP contribution is -2.48. The van der Waals surface area contributed by atoms with Crippen LogP contribution in [0.3, 0.4) is 0 Å². The number of aliphatic hydroxyl groups is 1. The van der Waals surface area contributed by atoms with E-state index in [1.165, 1.54) is 24.1 Å². The number of benzene rings is 1. The first-order chi connectivity index (χ1) is 10.5. The average molecular weight is 304 g/mol. The summed E-state index contributed by atoms with van der Waals surface area (Å²) in [7, 11) is 0. The van der Waals surface area contributed by atoms with Crippen molar-refractivity contribution >= 4 is 0 Å². The molecule has 0 amide bonds. The molecule has 1 atom stereocenters. The van der Waals surface area contributed by atoms with Gasteiger partial charge in [-0.25, -0.2) is 0 Å². The molecule has 2 rings (SSSR count). The second-order valence-electron chi connectivity index (χ2n) is 7.45. The third kappa shape index (κ3) is 4.31. The van der Waals surface area contributed by atoms with Crippen molar-refractivity contribution in [2.75, 3.05) is 39.3 Å². The van der Waals surface area contributed by atoms with Crippen molar-refractivity contribution in [1.29, 1.82) is 0 Å². The lowest BCUT2D eigenvalue weighted by molar-refractivity contribution is 0.0651. The minimum Gasteiger partial charge on any atom is -0.394 e. The maximum atomic E-state index is 9.87. The topological polar surface area (TPSA) is 26.7 Å². The Balaban J connectivity index is 2.03. The molecule has 3 heteroatoms. The number of aliphatic hydroxyl groups excluding tert-OH is 1. The number of rotatable bonds is 5.